The maximum absolute atomic E-state index is 12.1. The Morgan fingerprint density at radius 3 is 2.95 bits per heavy atom. The Morgan fingerprint density at radius 1 is 1.60 bits per heavy atom. The summed E-state index contributed by atoms with van der Waals surface area (Å²) in [5.41, 5.74) is 0.185. The maximum atomic E-state index is 12.1. The van der Waals surface area contributed by atoms with Crippen LogP contribution in [-0.4, -0.2) is 45.3 Å². The predicted octanol–water partition coefficient (Wildman–Crippen LogP) is 0.269. The Morgan fingerprint density at radius 2 is 2.35 bits per heavy atom. The van der Waals surface area contributed by atoms with E-state index < -0.39 is 16.0 Å². The molecule has 7 nitrogen and oxygen atoms in total. The van der Waals surface area contributed by atoms with E-state index in [9.17, 15) is 13.2 Å². The normalized spacial score (nSPS) is 19.2. The van der Waals surface area contributed by atoms with Gasteiger partial charge in [-0.05, 0) is 18.9 Å². The SMILES string of the molecule is COC(=O)c1cc(S(=O)(=O)NC[C@@H]2CCCO2)cn1C. The van der Waals surface area contributed by atoms with Gasteiger partial charge in [-0.3, -0.25) is 0 Å². The predicted molar refractivity (Wildman–Crippen MR) is 70.9 cm³/mol. The minimum absolute atomic E-state index is 0.0402. The molecule has 1 aliphatic heterocycles. The van der Waals surface area contributed by atoms with E-state index in [1.54, 1.807) is 7.05 Å². The molecule has 0 spiro atoms. The molecule has 112 valence electrons. The maximum Gasteiger partial charge on any atom is 0.354 e. The number of rotatable bonds is 5. The average Bonchev–Trinajstić information content (AvgIpc) is 3.05. The average molecular weight is 302 g/mol. The minimum Gasteiger partial charge on any atom is -0.464 e. The van der Waals surface area contributed by atoms with E-state index in [2.05, 4.69) is 9.46 Å². The third kappa shape index (κ3) is 3.20. The van der Waals surface area contributed by atoms with Crippen molar-refractivity contribution in [1.29, 1.82) is 0 Å². The number of hydrogen-bond acceptors (Lipinski definition) is 5. The van der Waals surface area contributed by atoms with Gasteiger partial charge in [-0.15, -0.1) is 0 Å². The Kier molecular flexibility index (Phi) is 4.46. The highest BCUT2D eigenvalue weighted by Gasteiger charge is 2.23. The fourth-order valence-electron chi connectivity index (χ4n) is 2.08. The summed E-state index contributed by atoms with van der Waals surface area (Å²) in [6.45, 7) is 0.912. The molecule has 0 aromatic carbocycles. The summed E-state index contributed by atoms with van der Waals surface area (Å²) >= 11 is 0. The molecule has 20 heavy (non-hydrogen) atoms. The zero-order chi connectivity index (χ0) is 14.8. The largest absolute Gasteiger partial charge is 0.464 e. The molecule has 2 heterocycles. The molecule has 1 aliphatic rings. The number of aryl methyl sites for hydroxylation is 1. The van der Waals surface area contributed by atoms with Crippen molar-refractivity contribution in [3.8, 4) is 0 Å². The summed E-state index contributed by atoms with van der Waals surface area (Å²) in [5.74, 6) is -0.576. The lowest BCUT2D eigenvalue weighted by Crippen LogP contribution is -2.31. The lowest BCUT2D eigenvalue weighted by atomic mass is 10.2. The van der Waals surface area contributed by atoms with Gasteiger partial charge in [-0.25, -0.2) is 17.9 Å². The second kappa shape index (κ2) is 5.94. The van der Waals surface area contributed by atoms with Gasteiger partial charge in [-0.2, -0.15) is 0 Å². The van der Waals surface area contributed by atoms with Crippen molar-refractivity contribution in [2.24, 2.45) is 7.05 Å². The molecule has 1 atom stereocenters. The van der Waals surface area contributed by atoms with Crippen LogP contribution in [0.1, 0.15) is 23.3 Å². The number of methoxy groups -OCH3 is 1. The first-order valence-electron chi connectivity index (χ1n) is 6.30. The zero-order valence-electron chi connectivity index (χ0n) is 11.5. The molecule has 8 heteroatoms. The first-order chi connectivity index (χ1) is 9.44. The van der Waals surface area contributed by atoms with E-state index in [4.69, 9.17) is 4.74 Å². The standard InChI is InChI=1S/C12H18N2O5S/c1-14-8-10(6-11(14)12(15)18-2)20(16,17)13-7-9-4-3-5-19-9/h6,8-9,13H,3-5,7H2,1-2H3/t9-/m0/s1. The second-order valence-electron chi connectivity index (χ2n) is 4.65. The molecule has 0 unspecified atom stereocenters. The van der Waals surface area contributed by atoms with Crippen LogP contribution >= 0.6 is 0 Å². The number of nitrogens with zero attached hydrogens (tertiary/aromatic N) is 1. The number of carbonyl (C=O) groups excluding carboxylic acids is 1. The monoisotopic (exact) mass is 302 g/mol. The van der Waals surface area contributed by atoms with E-state index in [0.29, 0.717) is 6.61 Å². The molecule has 1 fully saturated rings. The van der Waals surface area contributed by atoms with Gasteiger partial charge >= 0.3 is 5.97 Å². The molecule has 1 aromatic heterocycles. The molecular weight excluding hydrogens is 284 g/mol. The lowest BCUT2D eigenvalue weighted by Gasteiger charge is -2.10. The molecule has 1 saturated heterocycles. The Balaban J connectivity index is 2.10. The smallest absolute Gasteiger partial charge is 0.354 e. The van der Waals surface area contributed by atoms with E-state index in [1.807, 2.05) is 0 Å². The van der Waals surface area contributed by atoms with Crippen molar-refractivity contribution < 1.29 is 22.7 Å². The van der Waals surface area contributed by atoms with Crippen LogP contribution in [0, 0.1) is 0 Å². The Labute approximate surface area is 117 Å². The van der Waals surface area contributed by atoms with Crippen molar-refractivity contribution >= 4 is 16.0 Å². The third-order valence-electron chi connectivity index (χ3n) is 3.21. The summed E-state index contributed by atoms with van der Waals surface area (Å²) in [6, 6.07) is 1.30. The molecule has 0 radical (unpaired) electrons. The lowest BCUT2D eigenvalue weighted by molar-refractivity contribution is 0.0590. The van der Waals surface area contributed by atoms with Crippen molar-refractivity contribution in [2.45, 2.75) is 23.8 Å². The molecule has 0 saturated carbocycles. The number of esters is 1. The van der Waals surface area contributed by atoms with E-state index in [0.717, 1.165) is 12.8 Å². The Bertz CT molecular complexity index is 587. The molecule has 0 aliphatic carbocycles. The third-order valence-corrected chi connectivity index (χ3v) is 4.60. The zero-order valence-corrected chi connectivity index (χ0v) is 12.3. The number of nitrogens with one attached hydrogen (secondary N) is 1. The number of hydrogen-bond donors (Lipinski definition) is 1. The highest BCUT2D eigenvalue weighted by Crippen LogP contribution is 2.16. The van der Waals surface area contributed by atoms with Crippen molar-refractivity contribution in [1.82, 2.24) is 9.29 Å². The van der Waals surface area contributed by atoms with E-state index in [-0.39, 0.29) is 23.2 Å². The van der Waals surface area contributed by atoms with Gasteiger partial charge in [-0.1, -0.05) is 0 Å². The number of aromatic nitrogens is 1. The van der Waals surface area contributed by atoms with Gasteiger partial charge in [0.15, 0.2) is 0 Å². The van der Waals surface area contributed by atoms with Crippen LogP contribution in [0.3, 0.4) is 0 Å². The van der Waals surface area contributed by atoms with Crippen LogP contribution < -0.4 is 4.72 Å². The summed E-state index contributed by atoms with van der Waals surface area (Å²) in [4.78, 5) is 11.5. The van der Waals surface area contributed by atoms with Crippen LogP contribution in [0.25, 0.3) is 0 Å². The molecule has 0 amide bonds. The molecule has 0 bridgehead atoms. The molecule has 1 aromatic rings. The van der Waals surface area contributed by atoms with Gasteiger partial charge in [0.05, 0.1) is 13.2 Å². The van der Waals surface area contributed by atoms with Crippen LogP contribution in [0.15, 0.2) is 17.2 Å². The van der Waals surface area contributed by atoms with Gasteiger partial charge in [0.25, 0.3) is 0 Å². The van der Waals surface area contributed by atoms with Crippen LogP contribution in [-0.2, 0) is 26.5 Å². The summed E-state index contributed by atoms with van der Waals surface area (Å²) in [6.07, 6.45) is 3.10. The van der Waals surface area contributed by atoms with Gasteiger partial charge in [0.1, 0.15) is 10.6 Å². The quantitative estimate of drug-likeness (QED) is 0.789. The second-order valence-corrected chi connectivity index (χ2v) is 6.42. The molecule has 1 N–H and O–H groups in total. The first kappa shape index (κ1) is 15.0. The summed E-state index contributed by atoms with van der Waals surface area (Å²) in [5, 5.41) is 0. The highest BCUT2D eigenvalue weighted by atomic mass is 32.2. The fourth-order valence-corrected chi connectivity index (χ4v) is 3.22. The van der Waals surface area contributed by atoms with Crippen LogP contribution in [0.2, 0.25) is 0 Å². The van der Waals surface area contributed by atoms with E-state index >= 15 is 0 Å². The fraction of sp³-hybridized carbons (Fsp3) is 0.583. The van der Waals surface area contributed by atoms with Crippen molar-refractivity contribution in [3.05, 3.63) is 18.0 Å². The van der Waals surface area contributed by atoms with Crippen molar-refractivity contribution in [3.63, 3.8) is 0 Å². The van der Waals surface area contributed by atoms with Gasteiger partial charge in [0.2, 0.25) is 10.0 Å². The van der Waals surface area contributed by atoms with E-state index in [1.165, 1.54) is 23.9 Å². The van der Waals surface area contributed by atoms with Gasteiger partial charge < -0.3 is 14.0 Å². The molecular formula is C12H18N2O5S. The summed E-state index contributed by atoms with van der Waals surface area (Å²) in [7, 11) is -0.812. The van der Waals surface area contributed by atoms with Crippen molar-refractivity contribution in [2.75, 3.05) is 20.3 Å². The Hall–Kier alpha value is -1.38. The van der Waals surface area contributed by atoms with Crippen LogP contribution in [0.4, 0.5) is 0 Å². The van der Waals surface area contributed by atoms with Crippen LogP contribution in [0.5, 0.6) is 0 Å². The highest BCUT2D eigenvalue weighted by molar-refractivity contribution is 7.89. The number of sulfonamides is 1. The summed E-state index contributed by atoms with van der Waals surface area (Å²) < 4.78 is 38.1. The number of ether oxygens (including phenoxy) is 2. The minimum atomic E-state index is -3.65. The van der Waals surface area contributed by atoms with Gasteiger partial charge in [0, 0.05) is 26.4 Å². The number of carbonyl (C=O) groups is 1. The topological polar surface area (TPSA) is 86.6 Å². The molecule has 2 rings (SSSR count). The first-order valence-corrected chi connectivity index (χ1v) is 7.78.